The highest BCUT2D eigenvalue weighted by atomic mass is 16.6. The zero-order valence-electron chi connectivity index (χ0n) is 49.4. The van der Waals surface area contributed by atoms with Crippen LogP contribution in [0.2, 0.25) is 0 Å². The lowest BCUT2D eigenvalue weighted by molar-refractivity contribution is -0.154. The van der Waals surface area contributed by atoms with Crippen LogP contribution in [0.4, 0.5) is 0 Å². The zero-order chi connectivity index (χ0) is 60.3. The maximum atomic E-state index is 14.0. The molecule has 21 heteroatoms. The molecule has 0 fully saturated rings. The number of methoxy groups -OCH3 is 12. The van der Waals surface area contributed by atoms with Gasteiger partial charge in [0.25, 0.3) is 0 Å². The molecule has 8 unspecified atom stereocenters. The van der Waals surface area contributed by atoms with Gasteiger partial charge in [-0.1, -0.05) is 18.2 Å². The molecule has 6 aromatic rings. The molecule has 0 radical (unpaired) electrons. The second kappa shape index (κ2) is 25.1. The number of carbonyl (C=O) groups excluding carboxylic acids is 3. The predicted molar refractivity (Wildman–Crippen MR) is 301 cm³/mol. The molecule has 0 saturated carbocycles. The molecule has 9 rings (SSSR count). The van der Waals surface area contributed by atoms with Gasteiger partial charge < -0.3 is 85.3 Å². The number of ether oxygens (including phenoxy) is 18. The summed E-state index contributed by atoms with van der Waals surface area (Å²) in [4.78, 5) is 40.8. The Bertz CT molecular complexity index is 3450. The van der Waals surface area contributed by atoms with E-state index in [2.05, 4.69) is 0 Å². The minimum atomic E-state index is -1.30. The average molecular weight is 1160 g/mol. The minimum absolute atomic E-state index is 0.0518. The molecule has 0 amide bonds. The van der Waals surface area contributed by atoms with Gasteiger partial charge in [0.05, 0.1) is 97.2 Å². The van der Waals surface area contributed by atoms with Crippen LogP contribution in [0.25, 0.3) is 0 Å². The van der Waals surface area contributed by atoms with Crippen LogP contribution in [0, 0.1) is 0 Å². The highest BCUT2D eigenvalue weighted by molar-refractivity contribution is 5.74. The lowest BCUT2D eigenvalue weighted by Gasteiger charge is -2.45. The molecule has 3 heterocycles. The van der Waals surface area contributed by atoms with E-state index < -0.39 is 66.4 Å². The highest BCUT2D eigenvalue weighted by Crippen LogP contribution is 2.63. The number of hydrogen-bond donors (Lipinski definition) is 0. The van der Waals surface area contributed by atoms with Crippen molar-refractivity contribution in [3.8, 4) is 86.2 Å². The largest absolute Gasteiger partial charge is 0.496 e. The summed E-state index contributed by atoms with van der Waals surface area (Å²) in [5.41, 5.74) is 3.48. The summed E-state index contributed by atoms with van der Waals surface area (Å²) in [6.07, 6.45) is -6.63. The van der Waals surface area contributed by atoms with Gasteiger partial charge in [0.15, 0.2) is 65.0 Å². The molecule has 0 bridgehead atoms. The lowest BCUT2D eigenvalue weighted by Crippen LogP contribution is -2.42. The first kappa shape index (κ1) is 59.4. The van der Waals surface area contributed by atoms with Crippen LogP contribution in [0.5, 0.6) is 86.2 Å². The molecule has 0 aromatic heterocycles. The summed E-state index contributed by atoms with van der Waals surface area (Å²) in [6, 6.07) is 22.5. The Labute approximate surface area is 486 Å². The van der Waals surface area contributed by atoms with E-state index in [0.717, 1.165) is 0 Å². The fourth-order valence-corrected chi connectivity index (χ4v) is 11.7. The van der Waals surface area contributed by atoms with Crippen LogP contribution in [-0.2, 0) is 35.0 Å². The molecular weight excluding hydrogens is 1090 g/mol. The van der Waals surface area contributed by atoms with Crippen LogP contribution in [0.1, 0.15) is 95.4 Å². The van der Waals surface area contributed by atoms with E-state index in [1.807, 2.05) is 0 Å². The molecule has 446 valence electrons. The molecule has 6 aromatic carbocycles. The Morgan fingerprint density at radius 3 is 1.20 bits per heavy atom. The van der Waals surface area contributed by atoms with Crippen LogP contribution in [0.3, 0.4) is 0 Å². The van der Waals surface area contributed by atoms with Crippen molar-refractivity contribution < 1.29 is 99.6 Å². The summed E-state index contributed by atoms with van der Waals surface area (Å²) in [7, 11) is 18.1. The molecule has 3 aliphatic heterocycles. The number of esters is 3. The molecule has 21 nitrogen and oxygen atoms in total. The summed E-state index contributed by atoms with van der Waals surface area (Å²) >= 11 is 0. The molecule has 8 atom stereocenters. The van der Waals surface area contributed by atoms with Crippen molar-refractivity contribution in [1.29, 1.82) is 0 Å². The van der Waals surface area contributed by atoms with E-state index in [0.29, 0.717) is 96.3 Å². The third kappa shape index (κ3) is 10.8. The third-order valence-corrected chi connectivity index (χ3v) is 15.1. The van der Waals surface area contributed by atoms with Crippen molar-refractivity contribution in [1.82, 2.24) is 0 Å². The monoisotopic (exact) mass is 1160 g/mol. The van der Waals surface area contributed by atoms with Gasteiger partial charge in [-0.2, -0.15) is 0 Å². The second-order valence-electron chi connectivity index (χ2n) is 19.6. The summed E-state index contributed by atoms with van der Waals surface area (Å²) < 4.78 is 113. The molecule has 3 aliphatic rings. The van der Waals surface area contributed by atoms with Crippen molar-refractivity contribution in [2.75, 3.05) is 85.3 Å². The van der Waals surface area contributed by atoms with Gasteiger partial charge in [0.1, 0.15) is 57.8 Å². The van der Waals surface area contributed by atoms with Crippen molar-refractivity contribution in [2.24, 2.45) is 0 Å². The fourth-order valence-electron chi connectivity index (χ4n) is 11.7. The highest BCUT2D eigenvalue weighted by Gasteiger charge is 2.54. The summed E-state index contributed by atoms with van der Waals surface area (Å²) in [5.74, 6) is 0.594. The Morgan fingerprint density at radius 1 is 0.369 bits per heavy atom. The van der Waals surface area contributed by atoms with Crippen LogP contribution in [-0.4, -0.2) is 122 Å². The standard InChI is InChI=1S/C63H68O21/c1-30(64)79-50-27-37-41(82-57(50)33-16-19-38(68-5)42(22-33)71-8)28-46(75-12)52(60(37)78-15)56-54-48(77-14)29-47(76-13)53(61(54)84-59(63(56)81-32(3)66)35-18-21-40(70-7)44(24-35)73-10)55-51-45(74-11)25-36(67-4)26-49(51)83-58(62(55)80-31(2)65)34-17-20-39(69-6)43(23-34)72-9/h16-26,28-29,50,55-59,62-63H,27H2,1-15H3. The van der Waals surface area contributed by atoms with Gasteiger partial charge in [-0.05, 0) is 36.4 Å². The van der Waals surface area contributed by atoms with E-state index in [4.69, 9.17) is 85.3 Å². The normalized spacial score (nSPS) is 20.0. The third-order valence-electron chi connectivity index (χ3n) is 15.1. The second-order valence-corrected chi connectivity index (χ2v) is 19.6. The number of fused-ring (bicyclic) bond motifs is 3. The number of hydrogen-bond acceptors (Lipinski definition) is 21. The lowest BCUT2D eigenvalue weighted by atomic mass is 9.73. The predicted octanol–water partition coefficient (Wildman–Crippen LogP) is 9.79. The Hall–Kier alpha value is -9.27. The quantitative estimate of drug-likeness (QED) is 0.0513. The van der Waals surface area contributed by atoms with E-state index in [1.165, 1.54) is 106 Å². The van der Waals surface area contributed by atoms with Gasteiger partial charge in [0, 0.05) is 96.0 Å². The Morgan fingerprint density at radius 2 is 0.774 bits per heavy atom. The van der Waals surface area contributed by atoms with E-state index >= 15 is 0 Å². The van der Waals surface area contributed by atoms with Gasteiger partial charge in [-0.15, -0.1) is 0 Å². The number of carbonyl (C=O) groups is 3. The average Bonchev–Trinajstić information content (AvgIpc) is 0.844. The van der Waals surface area contributed by atoms with E-state index in [9.17, 15) is 14.4 Å². The number of benzene rings is 6. The maximum Gasteiger partial charge on any atom is 0.303 e. The van der Waals surface area contributed by atoms with Gasteiger partial charge in [0.2, 0.25) is 0 Å². The topological polar surface area (TPSA) is 217 Å². The van der Waals surface area contributed by atoms with Crippen LogP contribution in [0.15, 0.2) is 78.9 Å². The molecule has 0 aliphatic carbocycles. The number of rotatable bonds is 20. The van der Waals surface area contributed by atoms with Crippen molar-refractivity contribution in [3.63, 3.8) is 0 Å². The molecule has 0 spiro atoms. The smallest absolute Gasteiger partial charge is 0.303 e. The van der Waals surface area contributed by atoms with E-state index in [-0.39, 0.29) is 40.9 Å². The first-order valence-corrected chi connectivity index (χ1v) is 26.6. The SMILES string of the molecule is COc1cc(OC)c2c(c1)OC(c1ccc(OC)c(OC)c1)C(OC(C)=O)C2c1c(OC)cc(OC)c2c1OC(c1ccc(OC)c(OC)c1)C(OC(C)=O)C2c1c(OC)cc2c(c1OC)CC(OC(C)=O)C(c1ccc(OC)c(OC)c1)O2. The van der Waals surface area contributed by atoms with Crippen molar-refractivity contribution >= 4 is 17.9 Å². The molecule has 0 saturated heterocycles. The summed E-state index contributed by atoms with van der Waals surface area (Å²) in [6.45, 7) is 3.91. The van der Waals surface area contributed by atoms with Crippen molar-refractivity contribution in [3.05, 3.63) is 123 Å². The maximum absolute atomic E-state index is 14.0. The first-order chi connectivity index (χ1) is 40.6. The Kier molecular flexibility index (Phi) is 17.7. The zero-order valence-corrected chi connectivity index (χ0v) is 49.4. The van der Waals surface area contributed by atoms with Gasteiger partial charge in [-0.3, -0.25) is 14.4 Å². The summed E-state index contributed by atoms with van der Waals surface area (Å²) in [5, 5.41) is 0. The molecule has 84 heavy (non-hydrogen) atoms. The first-order valence-electron chi connectivity index (χ1n) is 26.6. The van der Waals surface area contributed by atoms with Gasteiger partial charge >= 0.3 is 17.9 Å². The molecule has 0 N–H and O–H groups in total. The van der Waals surface area contributed by atoms with Crippen molar-refractivity contribution in [2.45, 2.75) is 75.7 Å². The fraction of sp³-hybridized carbons (Fsp3) is 0.381. The Balaban J connectivity index is 1.41. The van der Waals surface area contributed by atoms with Gasteiger partial charge in [-0.25, -0.2) is 0 Å². The van der Waals surface area contributed by atoms with Crippen LogP contribution >= 0.6 is 0 Å². The van der Waals surface area contributed by atoms with E-state index in [1.54, 1.807) is 78.9 Å². The minimum Gasteiger partial charge on any atom is -0.496 e. The van der Waals surface area contributed by atoms with Crippen LogP contribution < -0.4 is 71.1 Å². The molecular formula is C63H68O21.